The predicted molar refractivity (Wildman–Crippen MR) is 82.6 cm³/mol. The number of hydrogen-bond acceptors (Lipinski definition) is 4. The lowest BCUT2D eigenvalue weighted by atomic mass is 10.2. The normalized spacial score (nSPS) is 15.1. The van der Waals surface area contributed by atoms with Crippen LogP contribution in [0.25, 0.3) is 5.57 Å². The number of aromatic nitrogens is 1. The molecule has 2 N–H and O–H groups in total. The van der Waals surface area contributed by atoms with E-state index in [2.05, 4.69) is 4.98 Å². The van der Waals surface area contributed by atoms with Gasteiger partial charge in [-0.1, -0.05) is 0 Å². The molecule has 0 unspecified atom stereocenters. The lowest BCUT2D eigenvalue weighted by Gasteiger charge is -2.18. The van der Waals surface area contributed by atoms with E-state index < -0.39 is 11.6 Å². The fourth-order valence-electron chi connectivity index (χ4n) is 2.26. The van der Waals surface area contributed by atoms with Crippen molar-refractivity contribution in [1.82, 2.24) is 4.98 Å². The van der Waals surface area contributed by atoms with Crippen LogP contribution in [0.15, 0.2) is 24.0 Å². The summed E-state index contributed by atoms with van der Waals surface area (Å²) >= 11 is 1.39. The first-order chi connectivity index (χ1) is 10.4. The minimum atomic E-state index is -0.987. The fourth-order valence-corrected chi connectivity index (χ4v) is 3.24. The van der Waals surface area contributed by atoms with Gasteiger partial charge in [-0.05, 0) is 26.0 Å². The molecule has 0 fully saturated rings. The van der Waals surface area contributed by atoms with Gasteiger partial charge in [-0.25, -0.2) is 13.8 Å². The molecule has 0 radical (unpaired) electrons. The van der Waals surface area contributed by atoms with Crippen LogP contribution in [-0.4, -0.2) is 22.5 Å². The third-order valence-corrected chi connectivity index (χ3v) is 4.65. The molecular weight excluding hydrogens is 308 g/mol. The molecule has 4 nitrogen and oxygen atoms in total. The van der Waals surface area contributed by atoms with Crippen LogP contribution in [0, 0.1) is 30.9 Å². The van der Waals surface area contributed by atoms with Gasteiger partial charge in [0, 0.05) is 16.6 Å². The zero-order valence-corrected chi connectivity index (χ0v) is 12.8. The molecule has 114 valence electrons. The van der Waals surface area contributed by atoms with E-state index in [-0.39, 0.29) is 18.1 Å². The summed E-state index contributed by atoms with van der Waals surface area (Å²) < 4.78 is 26.4. The Kier molecular flexibility index (Phi) is 3.44. The number of thiazole rings is 1. The van der Waals surface area contributed by atoms with E-state index in [0.717, 1.165) is 22.7 Å². The summed E-state index contributed by atoms with van der Waals surface area (Å²) in [4.78, 5) is 6.78. The molecule has 0 atom stereocenters. The highest BCUT2D eigenvalue weighted by Gasteiger charge is 2.31. The highest BCUT2D eigenvalue weighted by molar-refractivity contribution is 7.13. The quantitative estimate of drug-likeness (QED) is 0.884. The third kappa shape index (κ3) is 2.27. The van der Waals surface area contributed by atoms with Gasteiger partial charge in [-0.2, -0.15) is 0 Å². The Bertz CT molecular complexity index is 794. The lowest BCUT2D eigenvalue weighted by Crippen LogP contribution is -2.26. The van der Waals surface area contributed by atoms with E-state index in [1.807, 2.05) is 13.8 Å². The summed E-state index contributed by atoms with van der Waals surface area (Å²) in [6, 6.07) is 3.39. The minimum Gasteiger partial charge on any atom is -0.510 e. The van der Waals surface area contributed by atoms with Crippen molar-refractivity contribution in [3.05, 3.63) is 51.2 Å². The van der Waals surface area contributed by atoms with Gasteiger partial charge in [0.1, 0.15) is 16.6 Å². The fraction of sp³-hybridized carbons (Fsp3) is 0.200. The van der Waals surface area contributed by atoms with Crippen LogP contribution in [0.4, 0.5) is 14.5 Å². The molecule has 1 aromatic heterocycles. The van der Waals surface area contributed by atoms with Crippen molar-refractivity contribution in [1.29, 1.82) is 5.41 Å². The minimum absolute atomic E-state index is 0.00323. The highest BCUT2D eigenvalue weighted by atomic mass is 32.1. The van der Waals surface area contributed by atoms with Gasteiger partial charge >= 0.3 is 0 Å². The molecule has 1 aliphatic rings. The number of rotatable bonds is 2. The topological polar surface area (TPSA) is 60.2 Å². The molecule has 3 rings (SSSR count). The summed E-state index contributed by atoms with van der Waals surface area (Å²) in [5.74, 6) is -1.90. The van der Waals surface area contributed by atoms with Crippen molar-refractivity contribution in [3.63, 3.8) is 0 Å². The van der Waals surface area contributed by atoms with Crippen molar-refractivity contribution in [3.8, 4) is 0 Å². The van der Waals surface area contributed by atoms with Crippen molar-refractivity contribution in [2.75, 3.05) is 11.4 Å². The van der Waals surface area contributed by atoms with Crippen LogP contribution < -0.4 is 4.90 Å². The predicted octanol–water partition coefficient (Wildman–Crippen LogP) is 3.80. The maximum Gasteiger partial charge on any atom is 0.160 e. The first-order valence-corrected chi connectivity index (χ1v) is 7.38. The van der Waals surface area contributed by atoms with E-state index >= 15 is 0 Å². The zero-order chi connectivity index (χ0) is 16.0. The second-order valence-corrected chi connectivity index (χ2v) is 6.22. The molecule has 0 amide bonds. The van der Waals surface area contributed by atoms with Gasteiger partial charge in [-0.3, -0.25) is 5.41 Å². The number of anilines is 1. The van der Waals surface area contributed by atoms with Crippen LogP contribution in [0.2, 0.25) is 0 Å². The largest absolute Gasteiger partial charge is 0.510 e. The number of aryl methyl sites for hydroxylation is 2. The molecule has 0 bridgehead atoms. The van der Waals surface area contributed by atoms with Crippen molar-refractivity contribution in [2.45, 2.75) is 13.8 Å². The first-order valence-electron chi connectivity index (χ1n) is 6.56. The molecule has 2 heterocycles. The van der Waals surface area contributed by atoms with Crippen LogP contribution in [0.1, 0.15) is 15.6 Å². The van der Waals surface area contributed by atoms with Gasteiger partial charge in [0.05, 0.1) is 17.8 Å². The van der Waals surface area contributed by atoms with Crippen LogP contribution in [-0.2, 0) is 0 Å². The van der Waals surface area contributed by atoms with Gasteiger partial charge in [-0.15, -0.1) is 11.3 Å². The Morgan fingerprint density at radius 2 is 2.00 bits per heavy atom. The number of nitrogens with zero attached hydrogens (tertiary/aromatic N) is 2. The Morgan fingerprint density at radius 3 is 2.59 bits per heavy atom. The monoisotopic (exact) mass is 321 g/mol. The van der Waals surface area contributed by atoms with Crippen molar-refractivity contribution in [2.24, 2.45) is 0 Å². The number of benzene rings is 1. The second kappa shape index (κ2) is 5.17. The summed E-state index contributed by atoms with van der Waals surface area (Å²) in [6.45, 7) is 3.81. The third-order valence-electron chi connectivity index (χ3n) is 3.56. The molecule has 0 aliphatic carbocycles. The highest BCUT2D eigenvalue weighted by Crippen LogP contribution is 2.34. The number of amidine groups is 1. The van der Waals surface area contributed by atoms with Crippen molar-refractivity contribution < 1.29 is 13.9 Å². The Labute approximate surface area is 129 Å². The molecular formula is C15H13F2N3OS. The average Bonchev–Trinajstić information content (AvgIpc) is 2.93. The lowest BCUT2D eigenvalue weighted by molar-refractivity contribution is 0.411. The van der Waals surface area contributed by atoms with Gasteiger partial charge < -0.3 is 10.0 Å². The molecule has 1 aliphatic heterocycles. The SMILES string of the molecule is Cc1nc(C2=C(O)CN(c3ccc(F)c(F)c3)C2=N)sc1C. The molecule has 7 heteroatoms. The van der Waals surface area contributed by atoms with Crippen LogP contribution >= 0.6 is 11.3 Å². The Morgan fingerprint density at radius 1 is 1.27 bits per heavy atom. The van der Waals surface area contributed by atoms with Gasteiger partial charge in [0.2, 0.25) is 0 Å². The Hall–Kier alpha value is -2.28. The number of halogens is 2. The number of hydrogen-bond donors (Lipinski definition) is 2. The average molecular weight is 321 g/mol. The molecule has 0 saturated carbocycles. The molecule has 1 aromatic carbocycles. The first kappa shape index (κ1) is 14.6. The number of nitrogens with one attached hydrogen (secondary N) is 1. The molecule has 22 heavy (non-hydrogen) atoms. The number of aliphatic hydroxyl groups is 1. The summed E-state index contributed by atoms with van der Waals surface area (Å²) in [5, 5.41) is 19.0. The van der Waals surface area contributed by atoms with E-state index in [9.17, 15) is 13.9 Å². The summed E-state index contributed by atoms with van der Waals surface area (Å²) in [7, 11) is 0. The van der Waals surface area contributed by atoms with E-state index in [0.29, 0.717) is 16.3 Å². The molecule has 0 saturated heterocycles. The van der Waals surface area contributed by atoms with E-state index in [1.54, 1.807) is 0 Å². The number of aliphatic hydroxyl groups excluding tert-OH is 1. The van der Waals surface area contributed by atoms with E-state index in [1.165, 1.54) is 22.3 Å². The molecule has 2 aromatic rings. The maximum atomic E-state index is 13.4. The standard InChI is InChI=1S/C15H13F2N3OS/c1-7-8(2)22-15(19-7)13-12(21)6-20(14(13)18)9-3-4-10(16)11(17)5-9/h3-5,18,21H,6H2,1-2H3. The summed E-state index contributed by atoms with van der Waals surface area (Å²) in [6.07, 6.45) is 0. The van der Waals surface area contributed by atoms with Gasteiger partial charge in [0.15, 0.2) is 11.6 Å². The van der Waals surface area contributed by atoms with E-state index in [4.69, 9.17) is 5.41 Å². The smallest absolute Gasteiger partial charge is 0.160 e. The van der Waals surface area contributed by atoms with Gasteiger partial charge in [0.25, 0.3) is 0 Å². The maximum absolute atomic E-state index is 13.4. The second-order valence-electron chi connectivity index (χ2n) is 5.02. The van der Waals surface area contributed by atoms with Crippen LogP contribution in [0.5, 0.6) is 0 Å². The Balaban J connectivity index is 1.97. The van der Waals surface area contributed by atoms with Crippen molar-refractivity contribution >= 4 is 28.4 Å². The summed E-state index contributed by atoms with van der Waals surface area (Å²) in [5.41, 5.74) is 1.50. The van der Waals surface area contributed by atoms with Crippen LogP contribution in [0.3, 0.4) is 0 Å². The molecule has 0 spiro atoms. The zero-order valence-electron chi connectivity index (χ0n) is 11.9.